The fraction of sp³-hybridized carbons (Fsp3) is 0.0769. The van der Waals surface area contributed by atoms with Crippen LogP contribution in [0.3, 0.4) is 0 Å². The highest BCUT2D eigenvalue weighted by Gasteiger charge is 2.12. The number of para-hydroxylation sites is 1. The van der Waals surface area contributed by atoms with Gasteiger partial charge < -0.3 is 0 Å². The molecular weight excluding hydrogens is 222 g/mol. The lowest BCUT2D eigenvalue weighted by molar-refractivity contribution is -0.114. The van der Waals surface area contributed by atoms with E-state index in [-0.39, 0.29) is 18.2 Å². The summed E-state index contributed by atoms with van der Waals surface area (Å²) >= 11 is 0. The SMILES string of the molecule is Cl.O=C1C=Cc2cc3ccccc3nc2C1. The number of hydrogen-bond acceptors (Lipinski definition) is 2. The molecule has 0 atom stereocenters. The van der Waals surface area contributed by atoms with Crippen molar-refractivity contribution in [3.63, 3.8) is 0 Å². The lowest BCUT2D eigenvalue weighted by Crippen LogP contribution is -2.07. The van der Waals surface area contributed by atoms with Gasteiger partial charge in [-0.05, 0) is 29.8 Å². The molecule has 1 aliphatic rings. The Morgan fingerprint density at radius 2 is 1.94 bits per heavy atom. The fourth-order valence-corrected chi connectivity index (χ4v) is 1.86. The van der Waals surface area contributed by atoms with Crippen LogP contribution < -0.4 is 0 Å². The van der Waals surface area contributed by atoms with E-state index in [0.717, 1.165) is 22.2 Å². The maximum Gasteiger partial charge on any atom is 0.161 e. The average Bonchev–Trinajstić information content (AvgIpc) is 2.26. The third kappa shape index (κ3) is 1.72. The van der Waals surface area contributed by atoms with Gasteiger partial charge in [-0.25, -0.2) is 0 Å². The van der Waals surface area contributed by atoms with E-state index in [1.807, 2.05) is 30.3 Å². The summed E-state index contributed by atoms with van der Waals surface area (Å²) in [6, 6.07) is 10.0. The molecule has 80 valence electrons. The van der Waals surface area contributed by atoms with Crippen molar-refractivity contribution in [3.8, 4) is 0 Å². The van der Waals surface area contributed by atoms with Gasteiger partial charge in [0.1, 0.15) is 0 Å². The summed E-state index contributed by atoms with van der Waals surface area (Å²) in [5.74, 6) is 0.130. The number of carbonyl (C=O) groups excluding carboxylic acids is 1. The molecule has 1 aromatic carbocycles. The predicted molar refractivity (Wildman–Crippen MR) is 66.7 cm³/mol. The first-order valence-electron chi connectivity index (χ1n) is 4.92. The van der Waals surface area contributed by atoms with Crippen LogP contribution in [0.15, 0.2) is 36.4 Å². The zero-order valence-electron chi connectivity index (χ0n) is 8.51. The van der Waals surface area contributed by atoms with E-state index < -0.39 is 0 Å². The Bertz CT molecular complexity index is 590. The van der Waals surface area contributed by atoms with Crippen LogP contribution in [0.25, 0.3) is 17.0 Å². The minimum Gasteiger partial charge on any atom is -0.294 e. The van der Waals surface area contributed by atoms with Gasteiger partial charge in [0, 0.05) is 5.39 Å². The quantitative estimate of drug-likeness (QED) is 0.698. The van der Waals surface area contributed by atoms with Crippen molar-refractivity contribution in [1.82, 2.24) is 4.98 Å². The van der Waals surface area contributed by atoms with Gasteiger partial charge in [-0.2, -0.15) is 0 Å². The molecular formula is C13H10ClNO. The smallest absolute Gasteiger partial charge is 0.161 e. The molecule has 2 aromatic rings. The van der Waals surface area contributed by atoms with Gasteiger partial charge in [0.05, 0.1) is 17.6 Å². The number of pyridine rings is 1. The van der Waals surface area contributed by atoms with Crippen molar-refractivity contribution in [2.75, 3.05) is 0 Å². The van der Waals surface area contributed by atoms with Gasteiger partial charge in [-0.15, -0.1) is 12.4 Å². The van der Waals surface area contributed by atoms with Crippen LogP contribution in [0, 0.1) is 0 Å². The highest BCUT2D eigenvalue weighted by molar-refractivity contribution is 5.99. The summed E-state index contributed by atoms with van der Waals surface area (Å²) in [5.41, 5.74) is 2.91. The van der Waals surface area contributed by atoms with Gasteiger partial charge in [-0.1, -0.05) is 18.2 Å². The van der Waals surface area contributed by atoms with Crippen molar-refractivity contribution >= 4 is 35.2 Å². The molecule has 0 saturated heterocycles. The maximum absolute atomic E-state index is 11.2. The molecule has 3 rings (SSSR count). The fourth-order valence-electron chi connectivity index (χ4n) is 1.86. The first kappa shape index (κ1) is 10.8. The van der Waals surface area contributed by atoms with Crippen molar-refractivity contribution < 1.29 is 4.79 Å². The van der Waals surface area contributed by atoms with Crippen LogP contribution in [-0.4, -0.2) is 10.8 Å². The molecule has 0 amide bonds. The lowest BCUT2D eigenvalue weighted by Gasteiger charge is -2.09. The zero-order chi connectivity index (χ0) is 10.3. The van der Waals surface area contributed by atoms with Crippen molar-refractivity contribution in [2.24, 2.45) is 0 Å². The molecule has 0 fully saturated rings. The van der Waals surface area contributed by atoms with Crippen LogP contribution in [0.1, 0.15) is 11.3 Å². The van der Waals surface area contributed by atoms with Gasteiger partial charge in [-0.3, -0.25) is 9.78 Å². The van der Waals surface area contributed by atoms with Crippen LogP contribution in [0.4, 0.5) is 0 Å². The Labute approximate surface area is 99.4 Å². The number of allylic oxidation sites excluding steroid dienone is 1. The number of aromatic nitrogens is 1. The molecule has 3 heteroatoms. The van der Waals surface area contributed by atoms with Crippen molar-refractivity contribution in [1.29, 1.82) is 0 Å². The number of hydrogen-bond donors (Lipinski definition) is 0. The van der Waals surface area contributed by atoms with Crippen LogP contribution in [0.5, 0.6) is 0 Å². The average molecular weight is 232 g/mol. The predicted octanol–water partition coefficient (Wildman–Crippen LogP) is 2.80. The number of nitrogens with zero attached hydrogens (tertiary/aromatic N) is 1. The van der Waals surface area contributed by atoms with Crippen molar-refractivity contribution in [3.05, 3.63) is 47.7 Å². The second kappa shape index (κ2) is 4.06. The third-order valence-electron chi connectivity index (χ3n) is 2.63. The lowest BCUT2D eigenvalue weighted by atomic mass is 10.00. The highest BCUT2D eigenvalue weighted by atomic mass is 35.5. The Hall–Kier alpha value is -1.67. The second-order valence-corrected chi connectivity index (χ2v) is 3.69. The second-order valence-electron chi connectivity index (χ2n) is 3.69. The summed E-state index contributed by atoms with van der Waals surface area (Å²) in [7, 11) is 0. The molecule has 16 heavy (non-hydrogen) atoms. The van der Waals surface area contributed by atoms with E-state index in [9.17, 15) is 4.79 Å². The number of benzene rings is 1. The molecule has 0 radical (unpaired) electrons. The Kier molecular flexibility index (Phi) is 2.75. The molecule has 2 nitrogen and oxygen atoms in total. The molecule has 0 saturated carbocycles. The van der Waals surface area contributed by atoms with E-state index in [2.05, 4.69) is 11.1 Å². The Morgan fingerprint density at radius 3 is 2.81 bits per heavy atom. The molecule has 0 spiro atoms. The number of rotatable bonds is 0. The standard InChI is InChI=1S/C13H9NO.ClH/c15-11-6-5-10-7-9-3-1-2-4-12(9)14-13(10)8-11;/h1-7H,8H2;1H. The molecule has 0 bridgehead atoms. The number of fused-ring (bicyclic) bond motifs is 2. The van der Waals surface area contributed by atoms with Gasteiger partial charge in [0.25, 0.3) is 0 Å². The molecule has 0 unspecified atom stereocenters. The number of ketones is 1. The first-order chi connectivity index (χ1) is 7.33. The highest BCUT2D eigenvalue weighted by Crippen LogP contribution is 2.21. The monoisotopic (exact) mass is 231 g/mol. The van der Waals surface area contributed by atoms with E-state index in [1.165, 1.54) is 0 Å². The minimum absolute atomic E-state index is 0. The maximum atomic E-state index is 11.2. The van der Waals surface area contributed by atoms with E-state index in [0.29, 0.717) is 6.42 Å². The molecule has 1 heterocycles. The van der Waals surface area contributed by atoms with Crippen LogP contribution in [0.2, 0.25) is 0 Å². The van der Waals surface area contributed by atoms with E-state index in [4.69, 9.17) is 0 Å². The number of halogens is 1. The minimum atomic E-state index is 0. The zero-order valence-corrected chi connectivity index (χ0v) is 9.33. The van der Waals surface area contributed by atoms with E-state index in [1.54, 1.807) is 6.08 Å². The number of carbonyl (C=O) groups is 1. The largest absolute Gasteiger partial charge is 0.294 e. The molecule has 0 aliphatic heterocycles. The van der Waals surface area contributed by atoms with Crippen LogP contribution in [-0.2, 0) is 11.2 Å². The summed E-state index contributed by atoms with van der Waals surface area (Å²) in [6.07, 6.45) is 3.90. The summed E-state index contributed by atoms with van der Waals surface area (Å²) < 4.78 is 0. The Balaban J connectivity index is 0.000000963. The normalized spacial score (nSPS) is 13.4. The summed E-state index contributed by atoms with van der Waals surface area (Å²) in [5, 5.41) is 1.12. The van der Waals surface area contributed by atoms with Crippen molar-refractivity contribution in [2.45, 2.75) is 6.42 Å². The van der Waals surface area contributed by atoms with Gasteiger partial charge in [0.15, 0.2) is 5.78 Å². The third-order valence-corrected chi connectivity index (χ3v) is 2.63. The van der Waals surface area contributed by atoms with Gasteiger partial charge >= 0.3 is 0 Å². The van der Waals surface area contributed by atoms with E-state index >= 15 is 0 Å². The first-order valence-corrected chi connectivity index (χ1v) is 4.92. The topological polar surface area (TPSA) is 30.0 Å². The van der Waals surface area contributed by atoms with Crippen LogP contribution >= 0.6 is 12.4 Å². The Morgan fingerprint density at radius 1 is 1.12 bits per heavy atom. The molecule has 1 aromatic heterocycles. The molecule has 0 N–H and O–H groups in total. The summed E-state index contributed by atoms with van der Waals surface area (Å²) in [6.45, 7) is 0. The molecule has 1 aliphatic carbocycles. The van der Waals surface area contributed by atoms with Gasteiger partial charge in [0.2, 0.25) is 0 Å². The summed E-state index contributed by atoms with van der Waals surface area (Å²) in [4.78, 5) is 15.7.